The molecular weight excluding hydrogens is 176 g/mol. The monoisotopic (exact) mass is 190 g/mol. The lowest BCUT2D eigenvalue weighted by molar-refractivity contribution is -0.116. The zero-order chi connectivity index (χ0) is 10.2. The average molecular weight is 190 g/mol. The second-order valence-corrected chi connectivity index (χ2v) is 2.86. The van der Waals surface area contributed by atoms with Crippen LogP contribution in [0.25, 0.3) is 0 Å². The minimum absolute atomic E-state index is 0.0524. The smallest absolute Gasteiger partial charge is 0.243 e. The van der Waals surface area contributed by atoms with E-state index in [2.05, 4.69) is 10.3 Å². The Bertz CT molecular complexity index is 306. The maximum Gasteiger partial charge on any atom is 0.243 e. The van der Waals surface area contributed by atoms with Crippen LogP contribution in [0.5, 0.6) is 0 Å². The first kappa shape index (κ1) is 10.4. The molecule has 0 unspecified atom stereocenters. The van der Waals surface area contributed by atoms with Gasteiger partial charge in [0.05, 0.1) is 0 Å². The second kappa shape index (κ2) is 5.91. The van der Waals surface area contributed by atoms with Gasteiger partial charge in [-0.05, 0) is 25.1 Å². The van der Waals surface area contributed by atoms with Crippen molar-refractivity contribution >= 4 is 5.91 Å². The molecule has 0 bridgehead atoms. The number of carbonyl (C=O) groups is 1. The molecule has 1 aromatic rings. The van der Waals surface area contributed by atoms with Gasteiger partial charge in [0.2, 0.25) is 5.91 Å². The van der Waals surface area contributed by atoms with Crippen molar-refractivity contribution in [3.05, 3.63) is 42.2 Å². The van der Waals surface area contributed by atoms with Crippen molar-refractivity contribution in [1.82, 2.24) is 10.3 Å². The highest BCUT2D eigenvalue weighted by Gasteiger charge is 1.95. The fourth-order valence-corrected chi connectivity index (χ4v) is 1.07. The van der Waals surface area contributed by atoms with Gasteiger partial charge in [-0.1, -0.05) is 12.1 Å². The van der Waals surface area contributed by atoms with Gasteiger partial charge in [-0.25, -0.2) is 0 Å². The molecule has 0 saturated heterocycles. The SMILES string of the molecule is C/C=C\C(=O)NCCc1ccccn1. The highest BCUT2D eigenvalue weighted by atomic mass is 16.1. The van der Waals surface area contributed by atoms with E-state index in [1.54, 1.807) is 12.3 Å². The Morgan fingerprint density at radius 1 is 1.57 bits per heavy atom. The average Bonchev–Trinajstić information content (AvgIpc) is 2.20. The maximum atomic E-state index is 11.0. The minimum atomic E-state index is -0.0524. The molecule has 0 aromatic carbocycles. The molecule has 0 aliphatic carbocycles. The summed E-state index contributed by atoms with van der Waals surface area (Å²) in [5.41, 5.74) is 0.994. The molecule has 1 heterocycles. The molecule has 0 radical (unpaired) electrons. The Balaban J connectivity index is 2.25. The van der Waals surface area contributed by atoms with E-state index in [1.807, 2.05) is 25.1 Å². The Hall–Kier alpha value is -1.64. The number of rotatable bonds is 4. The van der Waals surface area contributed by atoms with Crippen molar-refractivity contribution in [2.24, 2.45) is 0 Å². The van der Waals surface area contributed by atoms with E-state index in [4.69, 9.17) is 0 Å². The summed E-state index contributed by atoms with van der Waals surface area (Å²) in [6.45, 7) is 2.44. The molecule has 0 atom stereocenters. The Morgan fingerprint density at radius 3 is 3.07 bits per heavy atom. The molecule has 0 aliphatic heterocycles. The molecule has 3 heteroatoms. The van der Waals surface area contributed by atoms with Crippen LogP contribution < -0.4 is 5.32 Å². The summed E-state index contributed by atoms with van der Waals surface area (Å²) in [5.74, 6) is -0.0524. The van der Waals surface area contributed by atoms with E-state index in [-0.39, 0.29) is 5.91 Å². The Labute approximate surface area is 83.9 Å². The lowest BCUT2D eigenvalue weighted by Gasteiger charge is -2.01. The Kier molecular flexibility index (Phi) is 4.41. The molecular formula is C11H14N2O. The molecule has 74 valence electrons. The first-order valence-corrected chi connectivity index (χ1v) is 4.63. The number of pyridine rings is 1. The zero-order valence-electron chi connectivity index (χ0n) is 8.23. The van der Waals surface area contributed by atoms with E-state index in [0.29, 0.717) is 6.54 Å². The van der Waals surface area contributed by atoms with Crippen molar-refractivity contribution in [2.75, 3.05) is 6.54 Å². The van der Waals surface area contributed by atoms with Crippen LogP contribution in [0.4, 0.5) is 0 Å². The quantitative estimate of drug-likeness (QED) is 0.727. The molecule has 1 N–H and O–H groups in total. The summed E-state index contributed by atoms with van der Waals surface area (Å²) in [7, 11) is 0. The number of nitrogens with zero attached hydrogens (tertiary/aromatic N) is 1. The second-order valence-electron chi connectivity index (χ2n) is 2.86. The lowest BCUT2D eigenvalue weighted by atomic mass is 10.3. The van der Waals surface area contributed by atoms with Crippen molar-refractivity contribution in [3.8, 4) is 0 Å². The number of allylic oxidation sites excluding steroid dienone is 1. The van der Waals surface area contributed by atoms with E-state index < -0.39 is 0 Å². The number of carbonyl (C=O) groups excluding carboxylic acids is 1. The van der Waals surface area contributed by atoms with E-state index in [1.165, 1.54) is 6.08 Å². The van der Waals surface area contributed by atoms with Gasteiger partial charge in [0.25, 0.3) is 0 Å². The van der Waals surface area contributed by atoms with Crippen molar-refractivity contribution in [3.63, 3.8) is 0 Å². The van der Waals surface area contributed by atoms with Crippen molar-refractivity contribution in [1.29, 1.82) is 0 Å². The van der Waals surface area contributed by atoms with Gasteiger partial charge in [-0.3, -0.25) is 9.78 Å². The van der Waals surface area contributed by atoms with Crippen LogP contribution >= 0.6 is 0 Å². The van der Waals surface area contributed by atoms with Crippen molar-refractivity contribution in [2.45, 2.75) is 13.3 Å². The summed E-state index contributed by atoms with van der Waals surface area (Å²) in [5, 5.41) is 2.77. The third-order valence-electron chi connectivity index (χ3n) is 1.72. The van der Waals surface area contributed by atoms with Gasteiger partial charge in [-0.2, -0.15) is 0 Å². The lowest BCUT2D eigenvalue weighted by Crippen LogP contribution is -2.23. The highest BCUT2D eigenvalue weighted by molar-refractivity contribution is 5.87. The molecule has 1 rings (SSSR count). The first-order chi connectivity index (χ1) is 6.83. The Morgan fingerprint density at radius 2 is 2.43 bits per heavy atom. The van der Waals surface area contributed by atoms with Crippen LogP contribution in [-0.4, -0.2) is 17.4 Å². The van der Waals surface area contributed by atoms with Crippen LogP contribution in [0.2, 0.25) is 0 Å². The maximum absolute atomic E-state index is 11.0. The fraction of sp³-hybridized carbons (Fsp3) is 0.273. The molecule has 1 aromatic heterocycles. The van der Waals surface area contributed by atoms with Gasteiger partial charge in [0.1, 0.15) is 0 Å². The first-order valence-electron chi connectivity index (χ1n) is 4.63. The number of hydrogen-bond donors (Lipinski definition) is 1. The highest BCUT2D eigenvalue weighted by Crippen LogP contribution is 1.92. The topological polar surface area (TPSA) is 42.0 Å². The normalized spacial score (nSPS) is 10.4. The van der Waals surface area contributed by atoms with E-state index in [0.717, 1.165) is 12.1 Å². The van der Waals surface area contributed by atoms with Gasteiger partial charge in [0.15, 0.2) is 0 Å². The third-order valence-corrected chi connectivity index (χ3v) is 1.72. The van der Waals surface area contributed by atoms with E-state index >= 15 is 0 Å². The molecule has 14 heavy (non-hydrogen) atoms. The summed E-state index contributed by atoms with van der Waals surface area (Å²) < 4.78 is 0. The summed E-state index contributed by atoms with van der Waals surface area (Å²) in [6, 6.07) is 5.76. The molecule has 0 fully saturated rings. The largest absolute Gasteiger partial charge is 0.352 e. The summed E-state index contributed by atoms with van der Waals surface area (Å²) in [4.78, 5) is 15.2. The molecule has 0 saturated carbocycles. The molecule has 0 spiro atoms. The van der Waals surface area contributed by atoms with Crippen LogP contribution in [0.1, 0.15) is 12.6 Å². The van der Waals surface area contributed by atoms with Crippen LogP contribution in [0.3, 0.4) is 0 Å². The number of nitrogens with one attached hydrogen (secondary N) is 1. The van der Waals surface area contributed by atoms with E-state index in [9.17, 15) is 4.79 Å². The molecule has 3 nitrogen and oxygen atoms in total. The van der Waals surface area contributed by atoms with Gasteiger partial charge in [0, 0.05) is 24.9 Å². The van der Waals surface area contributed by atoms with Gasteiger partial charge >= 0.3 is 0 Å². The standard InChI is InChI=1S/C11H14N2O/c1-2-5-11(14)13-9-7-10-6-3-4-8-12-10/h2-6,8H,7,9H2,1H3,(H,13,14)/b5-2-. The predicted molar refractivity (Wildman–Crippen MR) is 55.8 cm³/mol. The third kappa shape index (κ3) is 3.85. The number of hydrogen-bond acceptors (Lipinski definition) is 2. The predicted octanol–water partition coefficient (Wildman–Crippen LogP) is 1.32. The number of aromatic nitrogens is 1. The minimum Gasteiger partial charge on any atom is -0.352 e. The van der Waals surface area contributed by atoms with Crippen LogP contribution in [0.15, 0.2) is 36.5 Å². The zero-order valence-corrected chi connectivity index (χ0v) is 8.23. The van der Waals surface area contributed by atoms with Gasteiger partial charge in [-0.15, -0.1) is 0 Å². The fourth-order valence-electron chi connectivity index (χ4n) is 1.07. The van der Waals surface area contributed by atoms with Crippen LogP contribution in [-0.2, 0) is 11.2 Å². The van der Waals surface area contributed by atoms with Crippen LogP contribution in [0, 0.1) is 0 Å². The van der Waals surface area contributed by atoms with Crippen molar-refractivity contribution < 1.29 is 4.79 Å². The molecule has 0 aliphatic rings. The van der Waals surface area contributed by atoms with Gasteiger partial charge < -0.3 is 5.32 Å². The number of amides is 1. The molecule has 1 amide bonds. The summed E-state index contributed by atoms with van der Waals surface area (Å²) >= 11 is 0. The summed E-state index contributed by atoms with van der Waals surface area (Å²) in [6.07, 6.45) is 5.75.